The number of amides is 2. The molecule has 22 heavy (non-hydrogen) atoms. The molecule has 0 radical (unpaired) electrons. The highest BCUT2D eigenvalue weighted by Gasteiger charge is 2.40. The van der Waals surface area contributed by atoms with Gasteiger partial charge in [-0.2, -0.15) is 0 Å². The molecule has 2 unspecified atom stereocenters. The normalized spacial score (nSPS) is 25.6. The van der Waals surface area contributed by atoms with Gasteiger partial charge >= 0.3 is 6.03 Å². The maximum absolute atomic E-state index is 12.7. The van der Waals surface area contributed by atoms with Gasteiger partial charge in [0.25, 0.3) is 0 Å². The molecule has 0 N–H and O–H groups in total. The smallest absolute Gasteiger partial charge is 0.320 e. The van der Waals surface area contributed by atoms with Gasteiger partial charge in [-0.3, -0.25) is 9.38 Å². The Morgan fingerprint density at radius 1 is 1.36 bits per heavy atom. The number of fused-ring (bicyclic) bond motifs is 2. The first-order valence-corrected chi connectivity index (χ1v) is 8.47. The minimum atomic E-state index is 0.00745. The third kappa shape index (κ3) is 2.02. The minimum absolute atomic E-state index is 0.00745. The lowest BCUT2D eigenvalue weighted by Crippen LogP contribution is -2.56. The van der Waals surface area contributed by atoms with Crippen molar-refractivity contribution in [2.24, 2.45) is 0 Å². The van der Waals surface area contributed by atoms with Crippen LogP contribution < -0.4 is 0 Å². The van der Waals surface area contributed by atoms with Crippen molar-refractivity contribution < 1.29 is 4.79 Å². The molecule has 7 heteroatoms. The minimum Gasteiger partial charge on any atom is -0.322 e. The summed E-state index contributed by atoms with van der Waals surface area (Å²) >= 11 is 3.50. The number of rotatable bonds is 1. The van der Waals surface area contributed by atoms with Crippen LogP contribution in [0.25, 0.3) is 5.52 Å². The summed E-state index contributed by atoms with van der Waals surface area (Å²) < 4.78 is 2.81. The van der Waals surface area contributed by atoms with Crippen molar-refractivity contribution in [1.82, 2.24) is 24.2 Å². The van der Waals surface area contributed by atoms with Crippen LogP contribution in [0.4, 0.5) is 4.79 Å². The van der Waals surface area contributed by atoms with Gasteiger partial charge in [0.2, 0.25) is 0 Å². The molecule has 2 aromatic rings. The van der Waals surface area contributed by atoms with Crippen LogP contribution in [0.1, 0.15) is 37.5 Å². The number of hydrogen-bond donors (Lipinski definition) is 0. The van der Waals surface area contributed by atoms with Crippen LogP contribution in [0.15, 0.2) is 23.2 Å². The molecule has 4 rings (SSSR count). The van der Waals surface area contributed by atoms with Gasteiger partial charge in [-0.1, -0.05) is 0 Å². The molecule has 6 nitrogen and oxygen atoms in total. The highest BCUT2D eigenvalue weighted by molar-refractivity contribution is 9.10. The van der Waals surface area contributed by atoms with Gasteiger partial charge < -0.3 is 9.80 Å². The topological polar surface area (TPSA) is 53.7 Å². The lowest BCUT2D eigenvalue weighted by Gasteiger charge is -2.46. The fourth-order valence-electron chi connectivity index (χ4n) is 3.69. The summed E-state index contributed by atoms with van der Waals surface area (Å²) in [6.07, 6.45) is 9.82. The molecule has 2 aliphatic heterocycles. The summed E-state index contributed by atoms with van der Waals surface area (Å²) in [5.41, 5.74) is 0.935. The summed E-state index contributed by atoms with van der Waals surface area (Å²) in [7, 11) is 1.88. The van der Waals surface area contributed by atoms with Crippen molar-refractivity contribution >= 4 is 27.5 Å². The zero-order valence-corrected chi connectivity index (χ0v) is 14.0. The molecule has 2 amide bonds. The Kier molecular flexibility index (Phi) is 3.32. The second-order valence-electron chi connectivity index (χ2n) is 6.08. The Labute approximate surface area is 137 Å². The lowest BCUT2D eigenvalue weighted by molar-refractivity contribution is 0.0582. The Balaban J connectivity index is 1.76. The van der Waals surface area contributed by atoms with Crippen LogP contribution >= 0.6 is 15.9 Å². The number of carbonyl (C=O) groups is 1. The van der Waals surface area contributed by atoms with E-state index in [4.69, 9.17) is 0 Å². The van der Waals surface area contributed by atoms with Gasteiger partial charge in [0.1, 0.15) is 10.4 Å². The summed E-state index contributed by atoms with van der Waals surface area (Å²) in [6.45, 7) is 0.885. The molecule has 4 heterocycles. The SMILES string of the molecule is CN1C(=O)N2CCCCC2CC1c1nc(Br)c2cnccn12. The predicted octanol–water partition coefficient (Wildman–Crippen LogP) is 2.84. The number of halogens is 1. The number of carbonyl (C=O) groups excluding carboxylic acids is 1. The van der Waals surface area contributed by atoms with Crippen molar-refractivity contribution in [3.05, 3.63) is 29.0 Å². The quantitative estimate of drug-likeness (QED) is 0.782. The predicted molar refractivity (Wildman–Crippen MR) is 85.5 cm³/mol. The monoisotopic (exact) mass is 363 g/mol. The van der Waals surface area contributed by atoms with Crippen LogP contribution in [0, 0.1) is 0 Å². The standard InChI is InChI=1S/C15H18BrN5O/c1-19-11(8-10-4-2-3-6-20(10)15(19)22)14-18-13(16)12-9-17-5-7-21(12)14/h5,7,9-11H,2-4,6,8H2,1H3. The Bertz CT molecular complexity index is 730. The van der Waals surface area contributed by atoms with Crippen LogP contribution in [0.3, 0.4) is 0 Å². The summed E-state index contributed by atoms with van der Waals surface area (Å²) in [4.78, 5) is 25.4. The fourth-order valence-corrected chi connectivity index (χ4v) is 4.16. The van der Waals surface area contributed by atoms with Crippen LogP contribution in [0.2, 0.25) is 0 Å². The number of aromatic nitrogens is 3. The molecule has 2 aliphatic rings. The first kappa shape index (κ1) is 14.0. The molecule has 0 saturated carbocycles. The first-order chi connectivity index (χ1) is 10.7. The van der Waals surface area contributed by atoms with E-state index in [-0.39, 0.29) is 12.1 Å². The largest absolute Gasteiger partial charge is 0.322 e. The third-order valence-corrected chi connectivity index (χ3v) is 5.45. The second-order valence-corrected chi connectivity index (χ2v) is 6.83. The van der Waals surface area contributed by atoms with E-state index in [1.807, 2.05) is 27.4 Å². The van der Waals surface area contributed by atoms with Gasteiger partial charge in [-0.05, 0) is 41.6 Å². The Hall–Kier alpha value is -1.63. The highest BCUT2D eigenvalue weighted by Crippen LogP contribution is 2.36. The van der Waals surface area contributed by atoms with E-state index in [1.165, 1.54) is 6.42 Å². The number of nitrogens with zero attached hydrogens (tertiary/aromatic N) is 5. The zero-order chi connectivity index (χ0) is 15.3. The molecule has 116 valence electrons. The van der Waals surface area contributed by atoms with Gasteiger partial charge in [0.15, 0.2) is 0 Å². The molecular formula is C15H18BrN5O. The van der Waals surface area contributed by atoms with Gasteiger partial charge in [-0.25, -0.2) is 9.78 Å². The summed E-state index contributed by atoms with van der Waals surface area (Å²) in [5, 5.41) is 0. The molecule has 2 aromatic heterocycles. The van der Waals surface area contributed by atoms with E-state index < -0.39 is 0 Å². The van der Waals surface area contributed by atoms with E-state index in [0.29, 0.717) is 6.04 Å². The van der Waals surface area contributed by atoms with Gasteiger partial charge in [0.05, 0.1) is 17.8 Å². The lowest BCUT2D eigenvalue weighted by atomic mass is 9.92. The third-order valence-electron chi connectivity index (χ3n) is 4.86. The molecule has 0 spiro atoms. The Morgan fingerprint density at radius 2 is 2.23 bits per heavy atom. The molecule has 2 atom stereocenters. The van der Waals surface area contributed by atoms with Gasteiger partial charge in [-0.15, -0.1) is 0 Å². The van der Waals surface area contributed by atoms with Crippen molar-refractivity contribution in [3.63, 3.8) is 0 Å². The molecule has 0 aliphatic carbocycles. The summed E-state index contributed by atoms with van der Waals surface area (Å²) in [6, 6.07) is 0.478. The van der Waals surface area contributed by atoms with Crippen LogP contribution in [-0.2, 0) is 0 Å². The van der Waals surface area contributed by atoms with Crippen LogP contribution in [-0.4, -0.2) is 49.8 Å². The Morgan fingerprint density at radius 3 is 3.09 bits per heavy atom. The average molecular weight is 364 g/mol. The maximum atomic E-state index is 12.7. The fraction of sp³-hybridized carbons (Fsp3) is 0.533. The van der Waals surface area contributed by atoms with E-state index in [9.17, 15) is 4.79 Å². The van der Waals surface area contributed by atoms with E-state index >= 15 is 0 Å². The highest BCUT2D eigenvalue weighted by atomic mass is 79.9. The number of imidazole rings is 1. The number of hydrogen-bond acceptors (Lipinski definition) is 3. The molecule has 0 aromatic carbocycles. The first-order valence-electron chi connectivity index (χ1n) is 7.67. The van der Waals surface area contributed by atoms with Crippen molar-refractivity contribution in [1.29, 1.82) is 0 Å². The van der Waals surface area contributed by atoms with Crippen LogP contribution in [0.5, 0.6) is 0 Å². The second kappa shape index (κ2) is 5.22. The van der Waals surface area contributed by atoms with Crippen molar-refractivity contribution in [3.8, 4) is 0 Å². The zero-order valence-electron chi connectivity index (χ0n) is 12.4. The molecular weight excluding hydrogens is 346 g/mol. The van der Waals surface area contributed by atoms with E-state index in [1.54, 1.807) is 12.4 Å². The number of piperidine rings is 1. The van der Waals surface area contributed by atoms with Crippen molar-refractivity contribution in [2.75, 3.05) is 13.6 Å². The molecule has 2 fully saturated rings. The van der Waals surface area contributed by atoms with Gasteiger partial charge in [0, 0.05) is 32.0 Å². The molecule has 0 bridgehead atoms. The summed E-state index contributed by atoms with van der Waals surface area (Å²) in [5.74, 6) is 0.908. The molecule has 2 saturated heterocycles. The van der Waals surface area contributed by atoms with E-state index in [2.05, 4.69) is 25.9 Å². The maximum Gasteiger partial charge on any atom is 0.320 e. The average Bonchev–Trinajstić information content (AvgIpc) is 2.88. The van der Waals surface area contributed by atoms with E-state index in [0.717, 1.165) is 41.8 Å². The van der Waals surface area contributed by atoms with Crippen molar-refractivity contribution in [2.45, 2.75) is 37.8 Å². The number of urea groups is 1.